The standard InChI is InChI=1S/C22H31N3O4/c1-16(26)25-12-4-7-20(25)22(28)24-13-10-17(11-14-24)8-9-21(27)23-18-5-3-6-19(15-18)29-2/h3,5-6,15,17,20H,4,7-14H2,1-2H3,(H,23,27)/t20-/m0/s1. The van der Waals surface area contributed by atoms with E-state index in [1.807, 2.05) is 23.1 Å². The lowest BCUT2D eigenvalue weighted by Crippen LogP contribution is -2.49. The number of anilines is 1. The SMILES string of the molecule is COc1cccc(NC(=O)CCC2CCN(C(=O)[C@@H]3CCCN3C(C)=O)CC2)c1. The number of hydrogen-bond acceptors (Lipinski definition) is 4. The van der Waals surface area contributed by atoms with Gasteiger partial charge in [0.05, 0.1) is 7.11 Å². The fraction of sp³-hybridized carbons (Fsp3) is 0.591. The van der Waals surface area contributed by atoms with Gasteiger partial charge in [-0.15, -0.1) is 0 Å². The van der Waals surface area contributed by atoms with Gasteiger partial charge >= 0.3 is 0 Å². The van der Waals surface area contributed by atoms with Crippen LogP contribution in [0, 0.1) is 5.92 Å². The zero-order valence-corrected chi connectivity index (χ0v) is 17.4. The molecule has 1 aromatic rings. The maximum Gasteiger partial charge on any atom is 0.245 e. The summed E-state index contributed by atoms with van der Waals surface area (Å²) in [7, 11) is 1.60. The fourth-order valence-corrected chi connectivity index (χ4v) is 4.31. The first-order valence-corrected chi connectivity index (χ1v) is 10.5. The number of nitrogens with zero attached hydrogens (tertiary/aromatic N) is 2. The van der Waals surface area contributed by atoms with Crippen LogP contribution in [0.25, 0.3) is 0 Å². The topological polar surface area (TPSA) is 79.0 Å². The van der Waals surface area contributed by atoms with Crippen molar-refractivity contribution >= 4 is 23.4 Å². The molecule has 2 aliphatic heterocycles. The Labute approximate surface area is 172 Å². The summed E-state index contributed by atoms with van der Waals surface area (Å²) in [6, 6.07) is 7.05. The van der Waals surface area contributed by atoms with Crippen molar-refractivity contribution in [3.8, 4) is 5.75 Å². The van der Waals surface area contributed by atoms with Crippen molar-refractivity contribution in [3.63, 3.8) is 0 Å². The summed E-state index contributed by atoms with van der Waals surface area (Å²) >= 11 is 0. The largest absolute Gasteiger partial charge is 0.497 e. The molecule has 0 spiro atoms. The number of amides is 3. The molecule has 0 bridgehead atoms. The summed E-state index contributed by atoms with van der Waals surface area (Å²) in [5, 5.41) is 2.91. The van der Waals surface area contributed by atoms with Crippen molar-refractivity contribution in [1.29, 1.82) is 0 Å². The van der Waals surface area contributed by atoms with Gasteiger partial charge in [-0.3, -0.25) is 14.4 Å². The molecule has 7 nitrogen and oxygen atoms in total. The Morgan fingerprint density at radius 1 is 1.14 bits per heavy atom. The molecule has 0 radical (unpaired) electrons. The molecule has 2 saturated heterocycles. The molecule has 1 N–H and O–H groups in total. The quantitative estimate of drug-likeness (QED) is 0.795. The summed E-state index contributed by atoms with van der Waals surface area (Å²) < 4.78 is 5.17. The van der Waals surface area contributed by atoms with Crippen LogP contribution >= 0.6 is 0 Å². The van der Waals surface area contributed by atoms with E-state index >= 15 is 0 Å². The summed E-state index contributed by atoms with van der Waals surface area (Å²) in [5.74, 6) is 1.23. The average Bonchev–Trinajstić information content (AvgIpc) is 3.22. The highest BCUT2D eigenvalue weighted by Crippen LogP contribution is 2.26. The van der Waals surface area contributed by atoms with Gasteiger partial charge in [0.1, 0.15) is 11.8 Å². The van der Waals surface area contributed by atoms with Crippen LogP contribution in [0.5, 0.6) is 5.75 Å². The molecule has 29 heavy (non-hydrogen) atoms. The van der Waals surface area contributed by atoms with E-state index in [4.69, 9.17) is 4.74 Å². The first kappa shape index (κ1) is 21.1. The molecule has 2 aliphatic rings. The second kappa shape index (κ2) is 9.76. The highest BCUT2D eigenvalue weighted by molar-refractivity contribution is 5.91. The Hall–Kier alpha value is -2.57. The Bertz CT molecular complexity index is 743. The van der Waals surface area contributed by atoms with Crippen LogP contribution in [0.3, 0.4) is 0 Å². The molecule has 0 unspecified atom stereocenters. The predicted octanol–water partition coefficient (Wildman–Crippen LogP) is 2.66. The number of benzene rings is 1. The minimum Gasteiger partial charge on any atom is -0.497 e. The molecule has 1 atom stereocenters. The Morgan fingerprint density at radius 2 is 1.90 bits per heavy atom. The number of piperidine rings is 1. The molecule has 0 saturated carbocycles. The number of ether oxygens (including phenoxy) is 1. The average molecular weight is 402 g/mol. The number of methoxy groups -OCH3 is 1. The van der Waals surface area contributed by atoms with E-state index in [1.54, 1.807) is 18.1 Å². The zero-order chi connectivity index (χ0) is 20.8. The zero-order valence-electron chi connectivity index (χ0n) is 17.4. The number of carbonyl (C=O) groups is 3. The van der Waals surface area contributed by atoms with Crippen LogP contribution in [-0.4, -0.2) is 60.3 Å². The van der Waals surface area contributed by atoms with E-state index in [0.717, 1.165) is 37.8 Å². The van der Waals surface area contributed by atoms with Gasteiger partial charge in [0.2, 0.25) is 17.7 Å². The smallest absolute Gasteiger partial charge is 0.245 e. The van der Waals surface area contributed by atoms with Crippen molar-refractivity contribution in [2.45, 2.75) is 51.5 Å². The molecular weight excluding hydrogens is 370 g/mol. The van der Waals surface area contributed by atoms with E-state index in [2.05, 4.69) is 5.32 Å². The van der Waals surface area contributed by atoms with Gasteiger partial charge in [-0.1, -0.05) is 6.07 Å². The van der Waals surface area contributed by atoms with Crippen molar-refractivity contribution in [2.75, 3.05) is 32.1 Å². The molecule has 3 rings (SSSR count). The number of carbonyl (C=O) groups excluding carboxylic acids is 3. The molecule has 7 heteroatoms. The minimum atomic E-state index is -0.280. The number of hydrogen-bond donors (Lipinski definition) is 1. The van der Waals surface area contributed by atoms with E-state index in [0.29, 0.717) is 37.7 Å². The van der Waals surface area contributed by atoms with Crippen LogP contribution in [0.2, 0.25) is 0 Å². The highest BCUT2D eigenvalue weighted by Gasteiger charge is 2.36. The Balaban J connectivity index is 1.41. The summed E-state index contributed by atoms with van der Waals surface area (Å²) in [6.45, 7) is 3.64. The molecule has 2 fully saturated rings. The maximum absolute atomic E-state index is 12.8. The van der Waals surface area contributed by atoms with E-state index in [-0.39, 0.29) is 23.8 Å². The fourth-order valence-electron chi connectivity index (χ4n) is 4.31. The molecule has 1 aromatic carbocycles. The van der Waals surface area contributed by atoms with E-state index in [9.17, 15) is 14.4 Å². The maximum atomic E-state index is 12.8. The van der Waals surface area contributed by atoms with Crippen LogP contribution in [0.4, 0.5) is 5.69 Å². The van der Waals surface area contributed by atoms with Gasteiger partial charge in [-0.25, -0.2) is 0 Å². The lowest BCUT2D eigenvalue weighted by Gasteiger charge is -2.35. The predicted molar refractivity (Wildman–Crippen MR) is 111 cm³/mol. The van der Waals surface area contributed by atoms with Gasteiger partial charge < -0.3 is 19.9 Å². The van der Waals surface area contributed by atoms with E-state index in [1.165, 1.54) is 6.92 Å². The van der Waals surface area contributed by atoms with Crippen molar-refractivity contribution in [1.82, 2.24) is 9.80 Å². The van der Waals surface area contributed by atoms with Gasteiger partial charge in [0.15, 0.2) is 0 Å². The van der Waals surface area contributed by atoms with Crippen molar-refractivity contribution < 1.29 is 19.1 Å². The van der Waals surface area contributed by atoms with Gasteiger partial charge in [-0.05, 0) is 50.2 Å². The van der Waals surface area contributed by atoms with Gasteiger partial charge in [0.25, 0.3) is 0 Å². The van der Waals surface area contributed by atoms with Crippen LogP contribution in [-0.2, 0) is 14.4 Å². The number of nitrogens with one attached hydrogen (secondary N) is 1. The molecule has 2 heterocycles. The first-order valence-electron chi connectivity index (χ1n) is 10.5. The molecule has 3 amide bonds. The third-order valence-electron chi connectivity index (χ3n) is 6.00. The lowest BCUT2D eigenvalue weighted by molar-refractivity contribution is -0.143. The monoisotopic (exact) mass is 401 g/mol. The van der Waals surface area contributed by atoms with Gasteiger partial charge in [-0.2, -0.15) is 0 Å². The molecule has 0 aliphatic carbocycles. The van der Waals surface area contributed by atoms with Crippen LogP contribution in [0.15, 0.2) is 24.3 Å². The normalized spacial score (nSPS) is 19.9. The molecular formula is C22H31N3O4. The summed E-state index contributed by atoms with van der Waals surface area (Å²) in [6.07, 6.45) is 4.77. The van der Waals surface area contributed by atoms with Crippen LogP contribution in [0.1, 0.15) is 45.4 Å². The highest BCUT2D eigenvalue weighted by atomic mass is 16.5. The van der Waals surface area contributed by atoms with Crippen LogP contribution < -0.4 is 10.1 Å². The third kappa shape index (κ3) is 5.49. The molecule has 0 aromatic heterocycles. The van der Waals surface area contributed by atoms with Gasteiger partial charge in [0, 0.05) is 44.7 Å². The third-order valence-corrected chi connectivity index (χ3v) is 6.00. The number of rotatable bonds is 6. The molecule has 158 valence electrons. The van der Waals surface area contributed by atoms with Crippen molar-refractivity contribution in [2.24, 2.45) is 5.92 Å². The second-order valence-corrected chi connectivity index (χ2v) is 7.96. The van der Waals surface area contributed by atoms with E-state index < -0.39 is 0 Å². The number of likely N-dealkylation sites (tertiary alicyclic amines) is 2. The second-order valence-electron chi connectivity index (χ2n) is 7.96. The first-order chi connectivity index (χ1) is 14.0. The Kier molecular flexibility index (Phi) is 7.12. The minimum absolute atomic E-state index is 0.000172. The Morgan fingerprint density at radius 3 is 2.59 bits per heavy atom. The lowest BCUT2D eigenvalue weighted by atomic mass is 9.91. The summed E-state index contributed by atoms with van der Waals surface area (Å²) in [4.78, 5) is 40.4. The van der Waals surface area contributed by atoms with Crippen molar-refractivity contribution in [3.05, 3.63) is 24.3 Å². The summed E-state index contributed by atoms with van der Waals surface area (Å²) in [5.41, 5.74) is 0.737.